The number of hydrogen-bond acceptors (Lipinski definition) is 6. The maximum atomic E-state index is 12.6. The van der Waals surface area contributed by atoms with E-state index in [-0.39, 0.29) is 12.2 Å². The average molecular weight is 467 g/mol. The average Bonchev–Trinajstić information content (AvgIpc) is 2.75. The number of alkyl halides is 3. The molecule has 2 rings (SSSR count). The number of benzene rings is 2. The van der Waals surface area contributed by atoms with Gasteiger partial charge in [0.1, 0.15) is 13.2 Å². The minimum atomic E-state index is -4.53. The summed E-state index contributed by atoms with van der Waals surface area (Å²) < 4.78 is 52.7. The Morgan fingerprint density at radius 1 is 0.848 bits per heavy atom. The van der Waals surface area contributed by atoms with Crippen LogP contribution in [0.5, 0.6) is 0 Å². The van der Waals surface area contributed by atoms with E-state index in [1.165, 1.54) is 0 Å². The Morgan fingerprint density at radius 3 is 2.00 bits per heavy atom. The molecule has 7 nitrogen and oxygen atoms in total. The van der Waals surface area contributed by atoms with Crippen LogP contribution in [0.15, 0.2) is 54.6 Å². The number of amides is 1. The van der Waals surface area contributed by atoms with Gasteiger partial charge >= 0.3 is 24.2 Å². The van der Waals surface area contributed by atoms with Crippen molar-refractivity contribution in [2.24, 2.45) is 0 Å². The Balaban J connectivity index is 1.87. The van der Waals surface area contributed by atoms with E-state index < -0.39 is 48.6 Å². The monoisotopic (exact) mass is 467 g/mol. The van der Waals surface area contributed by atoms with E-state index in [4.69, 9.17) is 14.2 Å². The van der Waals surface area contributed by atoms with E-state index in [9.17, 15) is 27.6 Å². The first-order valence-electron chi connectivity index (χ1n) is 9.86. The molecule has 0 atom stereocenters. The molecule has 2 aromatic rings. The van der Waals surface area contributed by atoms with Gasteiger partial charge in [-0.25, -0.2) is 9.59 Å². The number of esters is 2. The summed E-state index contributed by atoms with van der Waals surface area (Å²) in [6.07, 6.45) is -5.46. The zero-order valence-electron chi connectivity index (χ0n) is 18.3. The molecule has 0 aliphatic heterocycles. The number of carbonyl (C=O) groups is 3. The predicted molar refractivity (Wildman–Crippen MR) is 111 cm³/mol. The van der Waals surface area contributed by atoms with Crippen LogP contribution >= 0.6 is 0 Å². The van der Waals surface area contributed by atoms with Gasteiger partial charge in [-0.3, -0.25) is 9.69 Å². The number of nitrogens with zero attached hydrogens (tertiary/aromatic N) is 1. The first-order valence-corrected chi connectivity index (χ1v) is 9.86. The largest absolute Gasteiger partial charge is 0.459 e. The van der Waals surface area contributed by atoms with Crippen LogP contribution in [0, 0.1) is 0 Å². The number of carbonyl (C=O) groups excluding carboxylic acids is 3. The molecular formula is C23H24F3NO6. The molecule has 0 aliphatic carbocycles. The van der Waals surface area contributed by atoms with Gasteiger partial charge in [0.2, 0.25) is 6.79 Å². The molecule has 178 valence electrons. The lowest BCUT2D eigenvalue weighted by Gasteiger charge is -2.33. The number of hydrogen-bond donors (Lipinski definition) is 0. The van der Waals surface area contributed by atoms with Gasteiger partial charge in [-0.2, -0.15) is 13.2 Å². The van der Waals surface area contributed by atoms with Crippen molar-refractivity contribution < 1.29 is 41.8 Å². The van der Waals surface area contributed by atoms with E-state index in [0.29, 0.717) is 0 Å². The predicted octanol–water partition coefficient (Wildman–Crippen LogP) is 4.80. The van der Waals surface area contributed by atoms with Crippen molar-refractivity contribution in [2.45, 2.75) is 39.1 Å². The lowest BCUT2D eigenvalue weighted by atomic mass is 10.1. The Hall–Kier alpha value is -3.56. The molecule has 0 aliphatic rings. The minimum absolute atomic E-state index is 0.0391. The molecule has 0 spiro atoms. The van der Waals surface area contributed by atoms with Gasteiger partial charge in [0.25, 0.3) is 0 Å². The van der Waals surface area contributed by atoms with E-state index in [1.807, 2.05) is 6.07 Å². The standard InChI is InChI=1S/C23H24F3NO6/c1-22(2,3)27(13-19(28)31-14-16-7-5-4-6-8-16)21(30)33-15-32-20(29)17-9-11-18(12-10-17)23(24,25)26/h4-12H,13-15H2,1-3H3. The van der Waals surface area contributed by atoms with E-state index in [2.05, 4.69) is 0 Å². The van der Waals surface area contributed by atoms with Crippen molar-refractivity contribution in [3.63, 3.8) is 0 Å². The third-order valence-electron chi connectivity index (χ3n) is 4.38. The number of halogens is 3. The van der Waals surface area contributed by atoms with Crippen LogP contribution in [0.3, 0.4) is 0 Å². The third kappa shape index (κ3) is 8.13. The lowest BCUT2D eigenvalue weighted by molar-refractivity contribution is -0.147. The summed E-state index contributed by atoms with van der Waals surface area (Å²) in [6, 6.07) is 12.4. The van der Waals surface area contributed by atoms with Gasteiger partial charge in [-0.15, -0.1) is 0 Å². The van der Waals surface area contributed by atoms with Crippen LogP contribution in [-0.2, 0) is 31.8 Å². The Bertz CT molecular complexity index is 953. The number of rotatable bonds is 7. The van der Waals surface area contributed by atoms with E-state index in [1.54, 1.807) is 45.0 Å². The summed E-state index contributed by atoms with van der Waals surface area (Å²) >= 11 is 0. The second-order valence-corrected chi connectivity index (χ2v) is 7.94. The summed E-state index contributed by atoms with van der Waals surface area (Å²) in [5.74, 6) is -1.63. The van der Waals surface area contributed by atoms with Crippen molar-refractivity contribution in [1.82, 2.24) is 4.90 Å². The minimum Gasteiger partial charge on any atom is -0.459 e. The molecule has 0 saturated heterocycles. The maximum absolute atomic E-state index is 12.6. The zero-order valence-corrected chi connectivity index (χ0v) is 18.3. The van der Waals surface area contributed by atoms with Crippen molar-refractivity contribution in [1.29, 1.82) is 0 Å². The maximum Gasteiger partial charge on any atom is 0.416 e. The van der Waals surface area contributed by atoms with Gasteiger partial charge < -0.3 is 14.2 Å². The number of ether oxygens (including phenoxy) is 3. The molecule has 0 aromatic heterocycles. The SMILES string of the molecule is CC(C)(C)N(CC(=O)OCc1ccccc1)C(=O)OCOC(=O)c1ccc(C(F)(F)F)cc1. The summed E-state index contributed by atoms with van der Waals surface area (Å²) in [5, 5.41) is 0. The van der Waals surface area contributed by atoms with Crippen molar-refractivity contribution in [3.05, 3.63) is 71.3 Å². The van der Waals surface area contributed by atoms with Gasteiger partial charge in [0.05, 0.1) is 11.1 Å². The quantitative estimate of drug-likeness (QED) is 0.430. The Morgan fingerprint density at radius 2 is 1.45 bits per heavy atom. The fraction of sp³-hybridized carbons (Fsp3) is 0.348. The van der Waals surface area contributed by atoms with Crippen LogP contribution in [-0.4, -0.2) is 41.8 Å². The highest BCUT2D eigenvalue weighted by molar-refractivity contribution is 5.89. The van der Waals surface area contributed by atoms with Gasteiger partial charge in [-0.1, -0.05) is 30.3 Å². The third-order valence-corrected chi connectivity index (χ3v) is 4.38. The highest BCUT2D eigenvalue weighted by Crippen LogP contribution is 2.29. The molecule has 0 heterocycles. The van der Waals surface area contributed by atoms with E-state index >= 15 is 0 Å². The van der Waals surface area contributed by atoms with Gasteiger partial charge in [0.15, 0.2) is 0 Å². The van der Waals surface area contributed by atoms with E-state index in [0.717, 1.165) is 34.7 Å². The molecule has 0 bridgehead atoms. The van der Waals surface area contributed by atoms with Crippen molar-refractivity contribution in [2.75, 3.05) is 13.3 Å². The Labute approximate surface area is 189 Å². The van der Waals surface area contributed by atoms with Crippen LogP contribution in [0.25, 0.3) is 0 Å². The smallest absolute Gasteiger partial charge is 0.416 e. The summed E-state index contributed by atoms with van der Waals surface area (Å²) in [4.78, 5) is 37.7. The lowest BCUT2D eigenvalue weighted by Crippen LogP contribution is -2.49. The normalized spacial score (nSPS) is 11.5. The molecule has 0 radical (unpaired) electrons. The van der Waals surface area contributed by atoms with Crippen LogP contribution in [0.1, 0.15) is 42.3 Å². The Kier molecular flexibility index (Phi) is 8.44. The first-order chi connectivity index (χ1) is 15.4. The summed E-state index contributed by atoms with van der Waals surface area (Å²) in [5.41, 5.74) is -1.09. The van der Waals surface area contributed by atoms with Gasteiger partial charge in [-0.05, 0) is 50.6 Å². The molecule has 0 unspecified atom stereocenters. The fourth-order valence-electron chi connectivity index (χ4n) is 2.58. The molecular weight excluding hydrogens is 443 g/mol. The summed E-state index contributed by atoms with van der Waals surface area (Å²) in [7, 11) is 0. The second-order valence-electron chi connectivity index (χ2n) is 7.94. The molecule has 0 fully saturated rings. The molecule has 0 N–H and O–H groups in total. The van der Waals surface area contributed by atoms with Crippen molar-refractivity contribution >= 4 is 18.0 Å². The zero-order chi connectivity index (χ0) is 24.6. The van der Waals surface area contributed by atoms with Gasteiger partial charge in [0, 0.05) is 5.54 Å². The highest BCUT2D eigenvalue weighted by Gasteiger charge is 2.31. The first kappa shape index (κ1) is 25.7. The molecule has 2 aromatic carbocycles. The topological polar surface area (TPSA) is 82.1 Å². The van der Waals surface area contributed by atoms with Crippen molar-refractivity contribution in [3.8, 4) is 0 Å². The molecule has 10 heteroatoms. The molecule has 1 amide bonds. The highest BCUT2D eigenvalue weighted by atomic mass is 19.4. The fourth-order valence-corrected chi connectivity index (χ4v) is 2.58. The molecule has 33 heavy (non-hydrogen) atoms. The van der Waals surface area contributed by atoms with Crippen LogP contribution in [0.2, 0.25) is 0 Å². The van der Waals surface area contributed by atoms with Crippen LogP contribution in [0.4, 0.5) is 18.0 Å². The molecule has 0 saturated carbocycles. The summed E-state index contributed by atoms with van der Waals surface area (Å²) in [6.45, 7) is 3.87. The second kappa shape index (κ2) is 10.8. The van der Waals surface area contributed by atoms with Crippen LogP contribution < -0.4 is 0 Å².